The lowest BCUT2D eigenvalue weighted by Crippen LogP contribution is -2.47. The lowest BCUT2D eigenvalue weighted by molar-refractivity contribution is -0.126. The van der Waals surface area contributed by atoms with Gasteiger partial charge >= 0.3 is 0 Å². The van der Waals surface area contributed by atoms with Crippen LogP contribution in [0.1, 0.15) is 19.3 Å². The van der Waals surface area contributed by atoms with Crippen LogP contribution in [0.3, 0.4) is 0 Å². The maximum atomic E-state index is 12.1. The molecule has 0 amide bonds. The van der Waals surface area contributed by atoms with Crippen molar-refractivity contribution in [1.29, 1.82) is 0 Å². The van der Waals surface area contributed by atoms with Gasteiger partial charge in [-0.25, -0.2) is 0 Å². The number of hydrogen-bond acceptors (Lipinski definition) is 3. The molecule has 0 aromatic heterocycles. The molecule has 2 aliphatic carbocycles. The molecule has 0 aromatic rings. The zero-order chi connectivity index (χ0) is 11.1. The van der Waals surface area contributed by atoms with E-state index < -0.39 is 0 Å². The Morgan fingerprint density at radius 2 is 1.94 bits per heavy atom. The van der Waals surface area contributed by atoms with Crippen LogP contribution >= 0.6 is 0 Å². The van der Waals surface area contributed by atoms with Crippen molar-refractivity contribution >= 4 is 5.78 Å². The molecule has 2 bridgehead atoms. The van der Waals surface area contributed by atoms with Crippen molar-refractivity contribution in [1.82, 2.24) is 9.80 Å². The van der Waals surface area contributed by atoms with E-state index in [0.717, 1.165) is 38.6 Å². The van der Waals surface area contributed by atoms with Gasteiger partial charge in [0.2, 0.25) is 0 Å². The van der Waals surface area contributed by atoms with Gasteiger partial charge in [-0.15, -0.1) is 0 Å². The van der Waals surface area contributed by atoms with Crippen molar-refractivity contribution in [3.63, 3.8) is 0 Å². The molecule has 3 heteroatoms. The molecule has 3 nitrogen and oxygen atoms in total. The Morgan fingerprint density at radius 3 is 2.56 bits per heavy atom. The summed E-state index contributed by atoms with van der Waals surface area (Å²) in [5, 5.41) is 0. The molecule has 16 heavy (non-hydrogen) atoms. The van der Waals surface area contributed by atoms with Crippen LogP contribution < -0.4 is 0 Å². The second kappa shape index (κ2) is 4.11. The minimum absolute atomic E-state index is 0.391. The Morgan fingerprint density at radius 1 is 1.19 bits per heavy atom. The van der Waals surface area contributed by atoms with E-state index in [4.69, 9.17) is 0 Å². The van der Waals surface area contributed by atoms with Crippen molar-refractivity contribution in [2.45, 2.75) is 19.3 Å². The molecule has 0 N–H and O–H groups in total. The lowest BCUT2D eigenvalue weighted by atomic mass is 9.87. The van der Waals surface area contributed by atoms with E-state index in [1.807, 2.05) is 0 Å². The van der Waals surface area contributed by atoms with Crippen molar-refractivity contribution < 1.29 is 4.79 Å². The third-order valence-corrected chi connectivity index (χ3v) is 4.86. The number of Topliss-reactive ketones (excluding diaryl/α,β-unsaturated/α-hetero) is 1. The Kier molecular flexibility index (Phi) is 2.76. The fraction of sp³-hybridized carbons (Fsp3) is 0.923. The van der Waals surface area contributed by atoms with Crippen LogP contribution in [0.15, 0.2) is 0 Å². The largest absolute Gasteiger partial charge is 0.304 e. The molecule has 3 atom stereocenters. The third-order valence-electron chi connectivity index (χ3n) is 4.86. The highest BCUT2D eigenvalue weighted by Crippen LogP contribution is 2.46. The van der Waals surface area contributed by atoms with Gasteiger partial charge in [0.25, 0.3) is 0 Å². The topological polar surface area (TPSA) is 23.6 Å². The van der Waals surface area contributed by atoms with E-state index in [-0.39, 0.29) is 0 Å². The first kappa shape index (κ1) is 10.7. The zero-order valence-corrected chi connectivity index (χ0v) is 10.2. The normalized spacial score (nSPS) is 40.8. The molecule has 0 spiro atoms. The fourth-order valence-corrected chi connectivity index (χ4v) is 3.72. The van der Waals surface area contributed by atoms with E-state index >= 15 is 0 Å². The average molecular weight is 222 g/mol. The van der Waals surface area contributed by atoms with Crippen LogP contribution in [-0.4, -0.2) is 55.4 Å². The van der Waals surface area contributed by atoms with Crippen molar-refractivity contribution in [3.05, 3.63) is 0 Å². The highest BCUT2D eigenvalue weighted by atomic mass is 16.1. The quantitative estimate of drug-likeness (QED) is 0.692. The summed E-state index contributed by atoms with van der Waals surface area (Å²) >= 11 is 0. The molecule has 1 saturated heterocycles. The van der Waals surface area contributed by atoms with E-state index in [9.17, 15) is 4.79 Å². The molecular formula is C13H22N2O. The number of carbonyl (C=O) groups is 1. The molecule has 0 aromatic carbocycles. The second-order valence-electron chi connectivity index (χ2n) is 5.88. The highest BCUT2D eigenvalue weighted by Gasteiger charge is 2.46. The highest BCUT2D eigenvalue weighted by molar-refractivity contribution is 5.87. The molecule has 3 fully saturated rings. The zero-order valence-electron chi connectivity index (χ0n) is 10.2. The molecule has 3 rings (SSSR count). The summed E-state index contributed by atoms with van der Waals surface area (Å²) in [6.45, 7) is 5.67. The SMILES string of the molecule is CN1CCN(C[C@@H]2C(=O)[C@@H]3CC[C@H]2C3)CC1. The Labute approximate surface area is 97.8 Å². The van der Waals surface area contributed by atoms with Gasteiger partial charge in [0.15, 0.2) is 0 Å². The molecule has 90 valence electrons. The van der Waals surface area contributed by atoms with Gasteiger partial charge in [-0.1, -0.05) is 0 Å². The maximum absolute atomic E-state index is 12.1. The summed E-state index contributed by atoms with van der Waals surface area (Å²) in [5.74, 6) is 2.16. The number of rotatable bonds is 2. The maximum Gasteiger partial charge on any atom is 0.140 e. The predicted molar refractivity (Wildman–Crippen MR) is 63.3 cm³/mol. The summed E-state index contributed by atoms with van der Waals surface area (Å²) in [4.78, 5) is 16.9. The number of likely N-dealkylation sites (N-methyl/N-ethyl adjacent to an activating group) is 1. The minimum Gasteiger partial charge on any atom is -0.304 e. The van der Waals surface area contributed by atoms with Crippen molar-refractivity contribution in [2.75, 3.05) is 39.8 Å². The lowest BCUT2D eigenvalue weighted by Gasteiger charge is -2.35. The first-order valence-electron chi connectivity index (χ1n) is 6.68. The summed E-state index contributed by atoms with van der Waals surface area (Å²) in [7, 11) is 2.18. The summed E-state index contributed by atoms with van der Waals surface area (Å²) in [5.41, 5.74) is 0. The number of piperazine rings is 1. The van der Waals surface area contributed by atoms with Gasteiger partial charge in [-0.2, -0.15) is 0 Å². The van der Waals surface area contributed by atoms with Gasteiger partial charge in [0.1, 0.15) is 5.78 Å². The molecule has 1 aliphatic heterocycles. The molecule has 0 radical (unpaired) electrons. The number of ketones is 1. The summed E-state index contributed by atoms with van der Waals surface area (Å²) in [6.07, 6.45) is 3.70. The number of hydrogen-bond donors (Lipinski definition) is 0. The van der Waals surface area contributed by atoms with Crippen LogP contribution in [0.5, 0.6) is 0 Å². The molecule has 2 saturated carbocycles. The Balaban J connectivity index is 1.57. The van der Waals surface area contributed by atoms with Crippen LogP contribution in [0.4, 0.5) is 0 Å². The van der Waals surface area contributed by atoms with Gasteiger partial charge in [-0.3, -0.25) is 4.79 Å². The smallest absolute Gasteiger partial charge is 0.140 e. The second-order valence-corrected chi connectivity index (χ2v) is 5.88. The monoisotopic (exact) mass is 222 g/mol. The minimum atomic E-state index is 0.391. The Bertz CT molecular complexity index is 284. The number of carbonyl (C=O) groups excluding carboxylic acids is 1. The Hall–Kier alpha value is -0.410. The van der Waals surface area contributed by atoms with Crippen LogP contribution in [-0.2, 0) is 4.79 Å². The number of fused-ring (bicyclic) bond motifs is 2. The predicted octanol–water partition coefficient (Wildman–Crippen LogP) is 0.849. The van der Waals surface area contributed by atoms with Crippen molar-refractivity contribution in [3.8, 4) is 0 Å². The first-order valence-corrected chi connectivity index (χ1v) is 6.68. The third kappa shape index (κ3) is 1.80. The van der Waals surface area contributed by atoms with Gasteiger partial charge < -0.3 is 9.80 Å². The summed E-state index contributed by atoms with van der Waals surface area (Å²) in [6, 6.07) is 0. The van der Waals surface area contributed by atoms with Gasteiger partial charge in [0, 0.05) is 44.6 Å². The van der Waals surface area contributed by atoms with E-state index in [0.29, 0.717) is 17.6 Å². The average Bonchev–Trinajstić information content (AvgIpc) is 2.85. The van der Waals surface area contributed by atoms with Gasteiger partial charge in [-0.05, 0) is 32.2 Å². The van der Waals surface area contributed by atoms with Crippen molar-refractivity contribution in [2.24, 2.45) is 17.8 Å². The van der Waals surface area contributed by atoms with E-state index in [1.165, 1.54) is 19.3 Å². The standard InChI is InChI=1S/C13H22N2O/c1-14-4-6-15(7-5-14)9-12-10-2-3-11(8-10)13(12)16/h10-12H,2-9H2,1H3/t10-,11+,12-/m0/s1. The fourth-order valence-electron chi connectivity index (χ4n) is 3.72. The van der Waals surface area contributed by atoms with E-state index in [1.54, 1.807) is 0 Å². The molecule has 3 aliphatic rings. The molecular weight excluding hydrogens is 200 g/mol. The molecule has 1 heterocycles. The number of nitrogens with zero attached hydrogens (tertiary/aromatic N) is 2. The van der Waals surface area contributed by atoms with Crippen LogP contribution in [0.25, 0.3) is 0 Å². The molecule has 0 unspecified atom stereocenters. The van der Waals surface area contributed by atoms with Crippen LogP contribution in [0.2, 0.25) is 0 Å². The van der Waals surface area contributed by atoms with Gasteiger partial charge in [0.05, 0.1) is 0 Å². The van der Waals surface area contributed by atoms with E-state index in [2.05, 4.69) is 16.8 Å². The summed E-state index contributed by atoms with van der Waals surface area (Å²) < 4.78 is 0. The first-order chi connectivity index (χ1) is 7.74. The van der Waals surface area contributed by atoms with Crippen LogP contribution in [0, 0.1) is 17.8 Å².